The molecule has 2 aliphatic rings. The van der Waals surface area contributed by atoms with Gasteiger partial charge in [0.05, 0.1) is 12.2 Å². The van der Waals surface area contributed by atoms with Gasteiger partial charge >= 0.3 is 5.97 Å². The van der Waals surface area contributed by atoms with Gasteiger partial charge in [-0.3, -0.25) is 9.69 Å². The highest BCUT2D eigenvalue weighted by atomic mass is 16.5. The van der Waals surface area contributed by atoms with E-state index < -0.39 is 0 Å². The van der Waals surface area contributed by atoms with Crippen molar-refractivity contribution in [2.75, 3.05) is 31.6 Å². The van der Waals surface area contributed by atoms with Gasteiger partial charge in [0.2, 0.25) is 0 Å². The van der Waals surface area contributed by atoms with Crippen molar-refractivity contribution in [2.24, 2.45) is 5.92 Å². The Balaban J connectivity index is 1.48. The van der Waals surface area contributed by atoms with E-state index in [9.17, 15) is 4.79 Å². The molecule has 3 rings (SSSR count). The van der Waals surface area contributed by atoms with Crippen LogP contribution in [0.1, 0.15) is 18.4 Å². The maximum absolute atomic E-state index is 11.6. The first-order chi connectivity index (χ1) is 10.3. The molecule has 6 heteroatoms. The molecule has 0 spiro atoms. The lowest BCUT2D eigenvalue weighted by Gasteiger charge is -2.20. The second-order valence-corrected chi connectivity index (χ2v) is 5.55. The van der Waals surface area contributed by atoms with E-state index >= 15 is 0 Å². The van der Waals surface area contributed by atoms with Crippen LogP contribution in [0, 0.1) is 17.2 Å². The number of esters is 1. The quantitative estimate of drug-likeness (QED) is 0.832. The third-order valence-corrected chi connectivity index (χ3v) is 4.13. The molecule has 3 heterocycles. The van der Waals surface area contributed by atoms with Crippen molar-refractivity contribution in [2.45, 2.75) is 18.9 Å². The van der Waals surface area contributed by atoms with Crippen molar-refractivity contribution < 1.29 is 9.53 Å². The lowest BCUT2D eigenvalue weighted by molar-refractivity contribution is -0.142. The van der Waals surface area contributed by atoms with Crippen LogP contribution in [0.5, 0.6) is 0 Å². The molecule has 2 saturated heterocycles. The normalized spacial score (nSPS) is 25.6. The summed E-state index contributed by atoms with van der Waals surface area (Å²) in [7, 11) is 0. The van der Waals surface area contributed by atoms with Crippen LogP contribution >= 0.6 is 0 Å². The van der Waals surface area contributed by atoms with Crippen LogP contribution < -0.4 is 5.32 Å². The van der Waals surface area contributed by atoms with Crippen molar-refractivity contribution in [3.63, 3.8) is 0 Å². The zero-order valence-electron chi connectivity index (χ0n) is 11.8. The van der Waals surface area contributed by atoms with Crippen LogP contribution in [-0.4, -0.2) is 48.1 Å². The van der Waals surface area contributed by atoms with E-state index in [-0.39, 0.29) is 12.0 Å². The summed E-state index contributed by atoms with van der Waals surface area (Å²) >= 11 is 0. The number of hydrogen-bond acceptors (Lipinski definition) is 6. The minimum Gasteiger partial charge on any atom is -0.464 e. The second kappa shape index (κ2) is 6.10. The van der Waals surface area contributed by atoms with E-state index in [0.717, 1.165) is 38.3 Å². The third-order valence-electron chi connectivity index (χ3n) is 4.13. The highest BCUT2D eigenvalue weighted by molar-refractivity contribution is 5.77. The van der Waals surface area contributed by atoms with Gasteiger partial charge in [-0.2, -0.15) is 5.26 Å². The standard InChI is InChI=1S/C15H18N4O2/c16-7-11-1-2-14(17-8-11)18-9-12-3-5-19(10-12)13-4-6-21-15(13)20/h1-2,8,12-13H,3-6,9-10H2,(H,17,18)/t12-,13-/m1/s1. The van der Waals surface area contributed by atoms with Gasteiger partial charge in [0, 0.05) is 25.7 Å². The van der Waals surface area contributed by atoms with Gasteiger partial charge in [-0.25, -0.2) is 4.98 Å². The lowest BCUT2D eigenvalue weighted by Crippen LogP contribution is -2.37. The number of nitrogens with one attached hydrogen (secondary N) is 1. The van der Waals surface area contributed by atoms with Crippen LogP contribution in [-0.2, 0) is 9.53 Å². The minimum atomic E-state index is -0.0719. The number of anilines is 1. The highest BCUT2D eigenvalue weighted by Gasteiger charge is 2.36. The molecule has 0 bridgehead atoms. The summed E-state index contributed by atoms with van der Waals surface area (Å²) in [4.78, 5) is 18.0. The summed E-state index contributed by atoms with van der Waals surface area (Å²) in [5, 5.41) is 12.0. The van der Waals surface area contributed by atoms with Gasteiger partial charge < -0.3 is 10.1 Å². The molecule has 2 fully saturated rings. The van der Waals surface area contributed by atoms with E-state index in [1.807, 2.05) is 6.07 Å². The topological polar surface area (TPSA) is 78.3 Å². The van der Waals surface area contributed by atoms with E-state index in [4.69, 9.17) is 10.00 Å². The van der Waals surface area contributed by atoms with Crippen LogP contribution in [0.15, 0.2) is 18.3 Å². The number of nitriles is 1. The van der Waals surface area contributed by atoms with Crippen LogP contribution in [0.3, 0.4) is 0 Å². The first-order valence-electron chi connectivity index (χ1n) is 7.27. The summed E-state index contributed by atoms with van der Waals surface area (Å²) in [5.41, 5.74) is 0.562. The summed E-state index contributed by atoms with van der Waals surface area (Å²) in [6.07, 6.45) is 3.46. The summed E-state index contributed by atoms with van der Waals surface area (Å²) in [6.45, 7) is 3.26. The molecule has 1 aromatic heterocycles. The molecular formula is C15H18N4O2. The van der Waals surface area contributed by atoms with Crippen LogP contribution in [0.4, 0.5) is 5.82 Å². The number of carbonyl (C=O) groups is 1. The Morgan fingerprint density at radius 3 is 3.05 bits per heavy atom. The number of hydrogen-bond donors (Lipinski definition) is 1. The van der Waals surface area contributed by atoms with Gasteiger partial charge in [-0.15, -0.1) is 0 Å². The fourth-order valence-corrected chi connectivity index (χ4v) is 2.94. The number of rotatable bonds is 4. The Morgan fingerprint density at radius 1 is 1.48 bits per heavy atom. The fourth-order valence-electron chi connectivity index (χ4n) is 2.94. The molecule has 0 amide bonds. The first kappa shape index (κ1) is 13.8. The summed E-state index contributed by atoms with van der Waals surface area (Å²) in [5.74, 6) is 1.22. The van der Waals surface area contributed by atoms with Crippen LogP contribution in [0.2, 0.25) is 0 Å². The SMILES string of the molecule is N#Cc1ccc(NC[C@H]2CCN([C@@H]3CCOC3=O)C2)nc1. The predicted octanol–water partition coefficient (Wildman–Crippen LogP) is 1.00. The lowest BCUT2D eigenvalue weighted by atomic mass is 10.1. The van der Waals surface area contributed by atoms with Gasteiger partial charge in [0.15, 0.2) is 0 Å². The van der Waals surface area contributed by atoms with Gasteiger partial charge in [-0.05, 0) is 31.0 Å². The smallest absolute Gasteiger partial charge is 0.323 e. The number of cyclic esters (lactones) is 1. The van der Waals surface area contributed by atoms with E-state index in [2.05, 4.69) is 21.3 Å². The predicted molar refractivity (Wildman–Crippen MR) is 76.5 cm³/mol. The molecule has 0 radical (unpaired) electrons. The Labute approximate surface area is 123 Å². The fraction of sp³-hybridized carbons (Fsp3) is 0.533. The second-order valence-electron chi connectivity index (χ2n) is 5.55. The number of ether oxygens (including phenoxy) is 1. The van der Waals surface area contributed by atoms with E-state index in [1.54, 1.807) is 12.3 Å². The average Bonchev–Trinajstić information content (AvgIpc) is 3.14. The third kappa shape index (κ3) is 3.14. The van der Waals surface area contributed by atoms with Gasteiger partial charge in [0.1, 0.15) is 17.9 Å². The van der Waals surface area contributed by atoms with Gasteiger partial charge in [0.25, 0.3) is 0 Å². The number of aromatic nitrogens is 1. The molecule has 21 heavy (non-hydrogen) atoms. The molecule has 2 atom stereocenters. The average molecular weight is 286 g/mol. The monoisotopic (exact) mass is 286 g/mol. The number of carbonyl (C=O) groups excluding carboxylic acids is 1. The number of nitrogens with zero attached hydrogens (tertiary/aromatic N) is 3. The molecule has 110 valence electrons. The van der Waals surface area contributed by atoms with Crippen molar-refractivity contribution in [3.05, 3.63) is 23.9 Å². The summed E-state index contributed by atoms with van der Waals surface area (Å²) in [6, 6.07) is 5.59. The Kier molecular flexibility index (Phi) is 4.02. The largest absolute Gasteiger partial charge is 0.464 e. The van der Waals surface area contributed by atoms with Crippen molar-refractivity contribution in [3.8, 4) is 6.07 Å². The van der Waals surface area contributed by atoms with Crippen LogP contribution in [0.25, 0.3) is 0 Å². The Morgan fingerprint density at radius 2 is 2.38 bits per heavy atom. The molecule has 2 aliphatic heterocycles. The highest BCUT2D eigenvalue weighted by Crippen LogP contribution is 2.23. The van der Waals surface area contributed by atoms with Crippen molar-refractivity contribution in [1.29, 1.82) is 5.26 Å². The molecule has 0 unspecified atom stereocenters. The van der Waals surface area contributed by atoms with E-state index in [0.29, 0.717) is 18.1 Å². The number of likely N-dealkylation sites (tertiary alicyclic amines) is 1. The Bertz CT molecular complexity index is 552. The van der Waals surface area contributed by atoms with Crippen molar-refractivity contribution in [1.82, 2.24) is 9.88 Å². The number of pyridine rings is 1. The first-order valence-corrected chi connectivity index (χ1v) is 7.27. The molecular weight excluding hydrogens is 268 g/mol. The minimum absolute atomic E-state index is 0.0389. The maximum atomic E-state index is 11.6. The molecule has 0 aliphatic carbocycles. The summed E-state index contributed by atoms with van der Waals surface area (Å²) < 4.78 is 5.03. The maximum Gasteiger partial charge on any atom is 0.323 e. The van der Waals surface area contributed by atoms with Crippen molar-refractivity contribution >= 4 is 11.8 Å². The molecule has 1 N–H and O–H groups in total. The Hall–Kier alpha value is -2.13. The van der Waals surface area contributed by atoms with Gasteiger partial charge in [-0.1, -0.05) is 0 Å². The molecule has 1 aromatic rings. The zero-order chi connectivity index (χ0) is 14.7. The molecule has 0 aromatic carbocycles. The molecule has 6 nitrogen and oxygen atoms in total. The van der Waals surface area contributed by atoms with E-state index in [1.165, 1.54) is 0 Å². The molecule has 0 saturated carbocycles. The zero-order valence-corrected chi connectivity index (χ0v) is 11.8.